The van der Waals surface area contributed by atoms with Crippen LogP contribution >= 0.6 is 0 Å². The molecule has 204 valence electrons. The van der Waals surface area contributed by atoms with Crippen molar-refractivity contribution in [2.24, 2.45) is 0 Å². The fraction of sp³-hybridized carbons (Fsp3) is 0.647. The topological polar surface area (TPSA) is 21.7 Å². The van der Waals surface area contributed by atoms with E-state index in [1.165, 1.54) is 22.3 Å². The molecule has 2 aromatic carbocycles. The fourth-order valence-corrected chi connectivity index (χ4v) is 5.97. The van der Waals surface area contributed by atoms with Gasteiger partial charge in [0.25, 0.3) is 0 Å². The van der Waals surface area contributed by atoms with E-state index in [1.54, 1.807) is 0 Å². The first-order valence-corrected chi connectivity index (χ1v) is 14.5. The van der Waals surface area contributed by atoms with Crippen LogP contribution in [-0.4, -0.2) is 36.1 Å². The van der Waals surface area contributed by atoms with Crippen molar-refractivity contribution in [3.63, 3.8) is 0 Å². The molecule has 2 heterocycles. The summed E-state index contributed by atoms with van der Waals surface area (Å²) in [5, 5.41) is 0. The monoisotopic (exact) mass is 505 g/mol. The van der Waals surface area contributed by atoms with E-state index in [2.05, 4.69) is 116 Å². The van der Waals surface area contributed by atoms with Crippen LogP contribution in [0, 0.1) is 0 Å². The van der Waals surface area contributed by atoms with Gasteiger partial charge in [-0.1, -0.05) is 104 Å². The predicted octanol–water partition coefficient (Wildman–Crippen LogP) is 8.52. The van der Waals surface area contributed by atoms with Crippen LogP contribution in [0.5, 0.6) is 0 Å². The van der Waals surface area contributed by atoms with Gasteiger partial charge in [-0.25, -0.2) is 4.90 Å². The van der Waals surface area contributed by atoms with E-state index >= 15 is 0 Å². The van der Waals surface area contributed by atoms with Gasteiger partial charge in [0.05, 0.1) is 18.8 Å². The molecular formula is C34H51NO2. The molecule has 2 aliphatic rings. The van der Waals surface area contributed by atoms with Gasteiger partial charge < -0.3 is 9.47 Å². The second-order valence-corrected chi connectivity index (χ2v) is 14.1. The number of rotatable bonds is 8. The van der Waals surface area contributed by atoms with E-state index in [-0.39, 0.29) is 28.8 Å². The van der Waals surface area contributed by atoms with Crippen LogP contribution < -0.4 is 0 Å². The van der Waals surface area contributed by atoms with Crippen LogP contribution in [-0.2, 0) is 20.3 Å². The lowest BCUT2D eigenvalue weighted by molar-refractivity contribution is -0.0659. The molecule has 37 heavy (non-hydrogen) atoms. The minimum atomic E-state index is 0.00449. The molecule has 0 N–H and O–H groups in total. The van der Waals surface area contributed by atoms with E-state index in [0.717, 1.165) is 38.9 Å². The zero-order chi connectivity index (χ0) is 27.0. The standard InChI is InChI=1S/C34H51NO2/c1-24(26-12-16-28(17-13-26)32(3,4)5)10-20-30-35-31(37-23-34(35,9)22-36-30)21-11-25(2)27-14-18-29(19-15-27)33(6,7)8/h12-19,24-25,30-31H,10-11,20-23H2,1-9H3. The molecule has 0 aliphatic carbocycles. The second kappa shape index (κ2) is 10.8. The van der Waals surface area contributed by atoms with Crippen molar-refractivity contribution in [1.82, 2.24) is 4.90 Å². The van der Waals surface area contributed by atoms with Gasteiger partial charge in [0.1, 0.15) is 12.5 Å². The summed E-state index contributed by atoms with van der Waals surface area (Å²) in [5.41, 5.74) is 6.04. The Kier molecular flexibility index (Phi) is 8.29. The summed E-state index contributed by atoms with van der Waals surface area (Å²) < 4.78 is 12.8. The molecule has 0 saturated carbocycles. The van der Waals surface area contributed by atoms with Crippen LogP contribution in [0.15, 0.2) is 48.5 Å². The molecule has 2 aliphatic heterocycles. The Balaban J connectivity index is 1.33. The number of benzene rings is 2. The van der Waals surface area contributed by atoms with Crippen molar-refractivity contribution >= 4 is 0 Å². The van der Waals surface area contributed by atoms with Gasteiger partial charge in [0.2, 0.25) is 0 Å². The van der Waals surface area contributed by atoms with E-state index in [9.17, 15) is 0 Å². The zero-order valence-corrected chi connectivity index (χ0v) is 24.9. The Hall–Kier alpha value is -1.68. The first-order chi connectivity index (χ1) is 17.3. The molecule has 2 aromatic rings. The largest absolute Gasteiger partial charge is 0.361 e. The van der Waals surface area contributed by atoms with Crippen LogP contribution in [0.25, 0.3) is 0 Å². The van der Waals surface area contributed by atoms with Crippen molar-refractivity contribution in [3.05, 3.63) is 70.8 Å². The lowest BCUT2D eigenvalue weighted by Gasteiger charge is -2.32. The van der Waals surface area contributed by atoms with Gasteiger partial charge in [-0.3, -0.25) is 0 Å². The van der Waals surface area contributed by atoms with Crippen LogP contribution in [0.3, 0.4) is 0 Å². The molecule has 4 unspecified atom stereocenters. The van der Waals surface area contributed by atoms with Crippen molar-refractivity contribution in [2.75, 3.05) is 13.2 Å². The normalized spacial score (nSPS) is 26.3. The Labute approximate surface area is 226 Å². The molecule has 3 nitrogen and oxygen atoms in total. The Morgan fingerprint density at radius 1 is 0.703 bits per heavy atom. The summed E-state index contributed by atoms with van der Waals surface area (Å²) in [6.07, 6.45) is 4.62. The van der Waals surface area contributed by atoms with Gasteiger partial charge in [-0.2, -0.15) is 0 Å². The number of hydrogen-bond donors (Lipinski definition) is 0. The number of fused-ring (bicyclic) bond motifs is 1. The van der Waals surface area contributed by atoms with Crippen LogP contribution in [0.4, 0.5) is 0 Å². The maximum Gasteiger partial charge on any atom is 0.113 e. The maximum atomic E-state index is 6.39. The van der Waals surface area contributed by atoms with Crippen molar-refractivity contribution in [2.45, 2.75) is 129 Å². The number of ether oxygens (including phenoxy) is 2. The average molecular weight is 506 g/mol. The molecular weight excluding hydrogens is 454 g/mol. The highest BCUT2D eigenvalue weighted by atomic mass is 16.6. The molecule has 4 rings (SSSR count). The fourth-order valence-electron chi connectivity index (χ4n) is 5.97. The third-order valence-electron chi connectivity index (χ3n) is 8.80. The van der Waals surface area contributed by atoms with Crippen molar-refractivity contribution in [1.29, 1.82) is 0 Å². The summed E-state index contributed by atoms with van der Waals surface area (Å²) in [5.74, 6) is 1.03. The summed E-state index contributed by atoms with van der Waals surface area (Å²) >= 11 is 0. The summed E-state index contributed by atoms with van der Waals surface area (Å²) in [4.78, 5) is 2.57. The van der Waals surface area contributed by atoms with E-state index in [0.29, 0.717) is 11.8 Å². The quantitative estimate of drug-likeness (QED) is 0.359. The Morgan fingerprint density at radius 3 is 1.38 bits per heavy atom. The Morgan fingerprint density at radius 2 is 1.05 bits per heavy atom. The van der Waals surface area contributed by atoms with Crippen LogP contribution in [0.2, 0.25) is 0 Å². The highest BCUT2D eigenvalue weighted by molar-refractivity contribution is 5.30. The molecule has 0 aromatic heterocycles. The van der Waals surface area contributed by atoms with Crippen LogP contribution in [0.1, 0.15) is 122 Å². The number of hydrogen-bond acceptors (Lipinski definition) is 3. The first-order valence-electron chi connectivity index (χ1n) is 14.5. The van der Waals surface area contributed by atoms with Crippen molar-refractivity contribution < 1.29 is 9.47 Å². The molecule has 0 amide bonds. The lowest BCUT2D eigenvalue weighted by atomic mass is 9.85. The molecule has 0 bridgehead atoms. The highest BCUT2D eigenvalue weighted by Gasteiger charge is 2.52. The van der Waals surface area contributed by atoms with E-state index < -0.39 is 0 Å². The highest BCUT2D eigenvalue weighted by Crippen LogP contribution is 2.41. The SMILES string of the molecule is CC(CCC1OCC2(C)COC(CCC(C)c3ccc(C(C)(C)C)cc3)N12)c1ccc(C(C)(C)C)cc1. The van der Waals surface area contributed by atoms with Gasteiger partial charge in [-0.05, 0) is 77.5 Å². The third kappa shape index (κ3) is 6.49. The first kappa shape index (κ1) is 28.3. The van der Waals surface area contributed by atoms with Crippen molar-refractivity contribution in [3.8, 4) is 0 Å². The van der Waals surface area contributed by atoms with Gasteiger partial charge in [0.15, 0.2) is 0 Å². The number of nitrogens with zero attached hydrogens (tertiary/aromatic N) is 1. The molecule has 4 atom stereocenters. The summed E-state index contributed by atoms with van der Waals surface area (Å²) in [6, 6.07) is 18.5. The smallest absolute Gasteiger partial charge is 0.113 e. The molecule has 2 saturated heterocycles. The third-order valence-corrected chi connectivity index (χ3v) is 8.80. The minimum Gasteiger partial charge on any atom is -0.361 e. The maximum absolute atomic E-state index is 6.39. The van der Waals surface area contributed by atoms with E-state index in [4.69, 9.17) is 9.47 Å². The minimum absolute atomic E-state index is 0.00449. The molecule has 2 fully saturated rings. The Bertz CT molecular complexity index is 932. The lowest BCUT2D eigenvalue weighted by Crippen LogP contribution is -2.47. The molecule has 3 heteroatoms. The molecule has 0 spiro atoms. The van der Waals surface area contributed by atoms with Gasteiger partial charge in [-0.15, -0.1) is 0 Å². The second-order valence-electron chi connectivity index (χ2n) is 14.1. The van der Waals surface area contributed by atoms with Gasteiger partial charge >= 0.3 is 0 Å². The average Bonchev–Trinajstić information content (AvgIpc) is 3.35. The zero-order valence-electron chi connectivity index (χ0n) is 24.9. The molecule has 0 radical (unpaired) electrons. The van der Waals surface area contributed by atoms with E-state index in [1.807, 2.05) is 0 Å². The predicted molar refractivity (Wildman–Crippen MR) is 155 cm³/mol. The summed E-state index contributed by atoms with van der Waals surface area (Å²) in [6.45, 7) is 22.2. The summed E-state index contributed by atoms with van der Waals surface area (Å²) in [7, 11) is 0. The van der Waals surface area contributed by atoms with Gasteiger partial charge in [0, 0.05) is 0 Å².